The normalized spacial score (nSPS) is 16.4. The summed E-state index contributed by atoms with van der Waals surface area (Å²) in [6.45, 7) is 1.41. The minimum Gasteiger partial charge on any atom is -0.360 e. The number of thiocarbonyl (C=S) groups is 1. The van der Waals surface area contributed by atoms with Crippen LogP contribution in [0.15, 0.2) is 24.3 Å². The summed E-state index contributed by atoms with van der Waals surface area (Å²) in [5, 5.41) is 3.50. The van der Waals surface area contributed by atoms with Crippen LogP contribution in [0.2, 0.25) is 0 Å². The molecule has 2 nitrogen and oxygen atoms in total. The molecule has 0 saturated carbocycles. The van der Waals surface area contributed by atoms with E-state index >= 15 is 0 Å². The Hall–Kier alpha value is -1.30. The molecule has 6 heteroatoms. The average Bonchev–Trinajstić information content (AvgIpc) is 2.63. The molecule has 0 radical (unpaired) electrons. The van der Waals surface area contributed by atoms with E-state index in [4.69, 9.17) is 12.2 Å². The maximum absolute atomic E-state index is 12.3. The summed E-state index contributed by atoms with van der Waals surface area (Å²) in [5.41, 5.74) is 0.0392. The van der Waals surface area contributed by atoms with Crippen LogP contribution in [0.5, 0.6) is 0 Å². The van der Waals surface area contributed by atoms with E-state index < -0.39 is 11.7 Å². The number of rotatable bonds is 1. The maximum atomic E-state index is 12.3. The number of alkyl halides is 3. The first-order valence-electron chi connectivity index (χ1n) is 4.71. The Balaban J connectivity index is 2.22. The van der Waals surface area contributed by atoms with Gasteiger partial charge in [0.05, 0.1) is 5.56 Å². The number of hydrogen-bond donors (Lipinski definition) is 1. The number of nitrogens with one attached hydrogen (secondary N) is 1. The molecule has 1 saturated heterocycles. The molecular formula is C10H9F3N2S. The second kappa shape index (κ2) is 3.93. The lowest BCUT2D eigenvalue weighted by atomic mass is 10.2. The first-order valence-corrected chi connectivity index (χ1v) is 5.12. The summed E-state index contributed by atoms with van der Waals surface area (Å²) in [4.78, 5) is 1.77. The van der Waals surface area contributed by atoms with Crippen LogP contribution in [0.25, 0.3) is 0 Å². The zero-order chi connectivity index (χ0) is 11.8. The summed E-state index contributed by atoms with van der Waals surface area (Å²) in [5.74, 6) is 0. The van der Waals surface area contributed by atoms with Gasteiger partial charge in [-0.2, -0.15) is 13.2 Å². The molecule has 0 spiro atoms. The van der Waals surface area contributed by atoms with Gasteiger partial charge in [-0.05, 0) is 36.5 Å². The molecule has 0 amide bonds. The molecule has 0 aromatic heterocycles. The quantitative estimate of drug-likeness (QED) is 0.766. The van der Waals surface area contributed by atoms with Crippen LogP contribution in [0.1, 0.15) is 5.56 Å². The zero-order valence-corrected chi connectivity index (χ0v) is 9.03. The van der Waals surface area contributed by atoms with Crippen LogP contribution in [0.3, 0.4) is 0 Å². The Morgan fingerprint density at radius 3 is 2.25 bits per heavy atom. The van der Waals surface area contributed by atoms with Gasteiger partial charge in [0, 0.05) is 18.8 Å². The first kappa shape index (κ1) is 11.2. The van der Waals surface area contributed by atoms with Crippen LogP contribution in [-0.2, 0) is 6.18 Å². The zero-order valence-electron chi connectivity index (χ0n) is 8.21. The highest BCUT2D eigenvalue weighted by atomic mass is 32.1. The van der Waals surface area contributed by atoms with Crippen LogP contribution < -0.4 is 10.2 Å². The van der Waals surface area contributed by atoms with Gasteiger partial charge in [-0.3, -0.25) is 0 Å². The van der Waals surface area contributed by atoms with Crippen molar-refractivity contribution in [3.05, 3.63) is 29.8 Å². The molecule has 1 N–H and O–H groups in total. The summed E-state index contributed by atoms with van der Waals surface area (Å²) >= 11 is 5.02. The molecule has 0 atom stereocenters. The fourth-order valence-electron chi connectivity index (χ4n) is 1.55. The smallest absolute Gasteiger partial charge is 0.360 e. The lowest BCUT2D eigenvalue weighted by molar-refractivity contribution is -0.137. The number of hydrogen-bond acceptors (Lipinski definition) is 1. The lowest BCUT2D eigenvalue weighted by Crippen LogP contribution is -2.27. The van der Waals surface area contributed by atoms with Crippen molar-refractivity contribution in [1.29, 1.82) is 0 Å². The number of halogens is 3. The highest BCUT2D eigenvalue weighted by Crippen LogP contribution is 2.30. The second-order valence-electron chi connectivity index (χ2n) is 3.43. The highest BCUT2D eigenvalue weighted by molar-refractivity contribution is 7.80. The van der Waals surface area contributed by atoms with Gasteiger partial charge in [0.25, 0.3) is 0 Å². The molecular weight excluding hydrogens is 237 g/mol. The van der Waals surface area contributed by atoms with Gasteiger partial charge in [-0.25, -0.2) is 0 Å². The predicted molar refractivity (Wildman–Crippen MR) is 59.4 cm³/mol. The molecule has 1 aliphatic rings. The molecule has 1 aromatic carbocycles. The Morgan fingerprint density at radius 2 is 1.81 bits per heavy atom. The molecule has 1 aliphatic heterocycles. The van der Waals surface area contributed by atoms with Crippen molar-refractivity contribution >= 4 is 23.0 Å². The van der Waals surface area contributed by atoms with E-state index in [1.165, 1.54) is 12.1 Å². The molecule has 0 unspecified atom stereocenters. The fraction of sp³-hybridized carbons (Fsp3) is 0.300. The van der Waals surface area contributed by atoms with Crippen LogP contribution in [0, 0.1) is 0 Å². The Kier molecular flexibility index (Phi) is 2.75. The van der Waals surface area contributed by atoms with Crippen molar-refractivity contribution < 1.29 is 13.2 Å². The van der Waals surface area contributed by atoms with E-state index in [1.54, 1.807) is 4.90 Å². The predicted octanol–water partition coefficient (Wildman–Crippen LogP) is 2.40. The second-order valence-corrected chi connectivity index (χ2v) is 3.81. The molecule has 16 heavy (non-hydrogen) atoms. The minimum atomic E-state index is -4.29. The van der Waals surface area contributed by atoms with E-state index in [9.17, 15) is 13.2 Å². The average molecular weight is 246 g/mol. The SMILES string of the molecule is FC(F)(F)c1ccc(N2CCNC2=S)cc1. The lowest BCUT2D eigenvalue weighted by Gasteiger charge is -2.17. The van der Waals surface area contributed by atoms with Crippen molar-refractivity contribution in [1.82, 2.24) is 5.32 Å². The molecule has 1 aromatic rings. The Morgan fingerprint density at radius 1 is 1.19 bits per heavy atom. The van der Waals surface area contributed by atoms with Crippen LogP contribution in [0.4, 0.5) is 18.9 Å². The van der Waals surface area contributed by atoms with Gasteiger partial charge in [0.1, 0.15) is 0 Å². The topological polar surface area (TPSA) is 15.3 Å². The van der Waals surface area contributed by atoms with Crippen molar-refractivity contribution in [2.45, 2.75) is 6.18 Å². The minimum absolute atomic E-state index is 0.555. The molecule has 0 aliphatic carbocycles. The third-order valence-corrected chi connectivity index (χ3v) is 2.73. The van der Waals surface area contributed by atoms with Gasteiger partial charge in [0.2, 0.25) is 0 Å². The monoisotopic (exact) mass is 246 g/mol. The summed E-state index contributed by atoms with van der Waals surface area (Å²) < 4.78 is 37.0. The van der Waals surface area contributed by atoms with Gasteiger partial charge >= 0.3 is 6.18 Å². The van der Waals surface area contributed by atoms with Crippen molar-refractivity contribution in [3.63, 3.8) is 0 Å². The molecule has 2 rings (SSSR count). The molecule has 86 valence electrons. The van der Waals surface area contributed by atoms with Crippen molar-refractivity contribution in [3.8, 4) is 0 Å². The van der Waals surface area contributed by atoms with Gasteiger partial charge < -0.3 is 10.2 Å². The van der Waals surface area contributed by atoms with Crippen LogP contribution >= 0.6 is 12.2 Å². The Labute approximate surface area is 96.1 Å². The van der Waals surface area contributed by atoms with Gasteiger partial charge in [-0.1, -0.05) is 0 Å². The standard InChI is InChI=1S/C10H9F3N2S/c11-10(12,13)7-1-3-8(4-2-7)15-6-5-14-9(15)16/h1-4H,5-6H2,(H,14,16). The van der Waals surface area contributed by atoms with Gasteiger partial charge in [0.15, 0.2) is 5.11 Å². The largest absolute Gasteiger partial charge is 0.416 e. The summed E-state index contributed by atoms with van der Waals surface area (Å²) in [6, 6.07) is 5.00. The first-order chi connectivity index (χ1) is 7.48. The third kappa shape index (κ3) is 2.11. The van der Waals surface area contributed by atoms with E-state index in [0.29, 0.717) is 17.3 Å². The van der Waals surface area contributed by atoms with E-state index in [-0.39, 0.29) is 0 Å². The maximum Gasteiger partial charge on any atom is 0.416 e. The highest BCUT2D eigenvalue weighted by Gasteiger charge is 2.30. The number of benzene rings is 1. The molecule has 1 fully saturated rings. The van der Waals surface area contributed by atoms with Crippen molar-refractivity contribution in [2.75, 3.05) is 18.0 Å². The van der Waals surface area contributed by atoms with E-state index in [1.807, 2.05) is 0 Å². The molecule has 1 heterocycles. The van der Waals surface area contributed by atoms with E-state index in [2.05, 4.69) is 5.32 Å². The molecule has 0 bridgehead atoms. The number of anilines is 1. The third-order valence-electron chi connectivity index (χ3n) is 2.36. The Bertz CT molecular complexity index is 400. The van der Waals surface area contributed by atoms with Crippen LogP contribution in [-0.4, -0.2) is 18.2 Å². The summed E-state index contributed by atoms with van der Waals surface area (Å²) in [7, 11) is 0. The number of nitrogens with zero attached hydrogens (tertiary/aromatic N) is 1. The van der Waals surface area contributed by atoms with Gasteiger partial charge in [-0.15, -0.1) is 0 Å². The van der Waals surface area contributed by atoms with E-state index in [0.717, 1.165) is 18.7 Å². The fourth-order valence-corrected chi connectivity index (χ4v) is 1.85. The van der Waals surface area contributed by atoms with Crippen molar-refractivity contribution in [2.24, 2.45) is 0 Å². The summed E-state index contributed by atoms with van der Waals surface area (Å²) in [6.07, 6.45) is -4.29.